The van der Waals surface area contributed by atoms with Gasteiger partial charge in [0.15, 0.2) is 4.96 Å². The van der Waals surface area contributed by atoms with Gasteiger partial charge in [-0.3, -0.25) is 14.1 Å². The molecule has 1 aliphatic heterocycles. The highest BCUT2D eigenvalue weighted by molar-refractivity contribution is 7.15. The van der Waals surface area contributed by atoms with Gasteiger partial charge in [-0.15, -0.1) is 11.3 Å². The zero-order chi connectivity index (χ0) is 12.7. The molecule has 18 heavy (non-hydrogen) atoms. The third-order valence-electron chi connectivity index (χ3n) is 3.26. The molecule has 3 rings (SSSR count). The van der Waals surface area contributed by atoms with E-state index in [0.29, 0.717) is 13.1 Å². The van der Waals surface area contributed by atoms with Gasteiger partial charge in [-0.05, 0) is 13.3 Å². The summed E-state index contributed by atoms with van der Waals surface area (Å²) in [5.74, 6) is 0. The van der Waals surface area contributed by atoms with Gasteiger partial charge >= 0.3 is 0 Å². The van der Waals surface area contributed by atoms with Gasteiger partial charge in [-0.1, -0.05) is 0 Å². The lowest BCUT2D eigenvalue weighted by atomic mass is 10.3. The zero-order valence-electron chi connectivity index (χ0n) is 10.2. The third kappa shape index (κ3) is 2.07. The predicted molar refractivity (Wildman–Crippen MR) is 70.0 cm³/mol. The zero-order valence-corrected chi connectivity index (χ0v) is 11.0. The van der Waals surface area contributed by atoms with E-state index < -0.39 is 0 Å². The molecule has 2 aromatic rings. The molecule has 0 amide bonds. The van der Waals surface area contributed by atoms with Crippen LogP contribution in [0, 0.1) is 6.92 Å². The molecule has 1 atom stereocenters. The topological polar surface area (TPSA) is 57.8 Å². The van der Waals surface area contributed by atoms with E-state index >= 15 is 0 Å². The summed E-state index contributed by atoms with van der Waals surface area (Å²) in [4.78, 5) is 19.4. The monoisotopic (exact) mass is 265 g/mol. The maximum absolute atomic E-state index is 12.0. The van der Waals surface area contributed by atoms with Crippen LogP contribution in [0.4, 0.5) is 0 Å². The summed E-state index contributed by atoms with van der Waals surface area (Å²) in [6.07, 6.45) is 0.568. The van der Waals surface area contributed by atoms with Crippen molar-refractivity contribution in [3.8, 4) is 0 Å². The predicted octanol–water partition coefficient (Wildman–Crippen LogP) is 0.631. The van der Waals surface area contributed by atoms with Crippen molar-refractivity contribution in [3.05, 3.63) is 33.2 Å². The van der Waals surface area contributed by atoms with E-state index in [2.05, 4.69) is 9.88 Å². The third-order valence-corrected chi connectivity index (χ3v) is 4.21. The van der Waals surface area contributed by atoms with Crippen molar-refractivity contribution in [2.45, 2.75) is 26.0 Å². The van der Waals surface area contributed by atoms with E-state index in [1.807, 2.05) is 12.3 Å². The molecule has 1 saturated heterocycles. The average molecular weight is 265 g/mol. The Morgan fingerprint density at radius 3 is 3.17 bits per heavy atom. The first kappa shape index (κ1) is 11.8. The maximum Gasteiger partial charge on any atom is 0.259 e. The molecule has 96 valence electrons. The molecular weight excluding hydrogens is 250 g/mol. The Morgan fingerprint density at radius 2 is 2.44 bits per heavy atom. The largest absolute Gasteiger partial charge is 0.392 e. The summed E-state index contributed by atoms with van der Waals surface area (Å²) in [7, 11) is 0. The Kier molecular flexibility index (Phi) is 2.93. The van der Waals surface area contributed by atoms with Crippen LogP contribution in [0.25, 0.3) is 4.96 Å². The van der Waals surface area contributed by atoms with Crippen molar-refractivity contribution in [1.29, 1.82) is 0 Å². The fraction of sp³-hybridized carbons (Fsp3) is 0.500. The first-order valence-corrected chi connectivity index (χ1v) is 6.88. The minimum atomic E-state index is -0.237. The second kappa shape index (κ2) is 4.46. The SMILES string of the molecule is Cc1csc2nc(CN3CC[C@@H](O)C3)cc(=O)n12. The molecule has 1 fully saturated rings. The summed E-state index contributed by atoms with van der Waals surface area (Å²) >= 11 is 1.48. The number of aliphatic hydroxyl groups excluding tert-OH is 1. The normalized spacial score (nSPS) is 20.9. The minimum absolute atomic E-state index is 0.0199. The molecule has 0 aromatic carbocycles. The smallest absolute Gasteiger partial charge is 0.259 e. The fourth-order valence-electron chi connectivity index (χ4n) is 2.37. The van der Waals surface area contributed by atoms with Crippen molar-refractivity contribution < 1.29 is 5.11 Å². The standard InChI is InChI=1S/C12H15N3O2S/c1-8-7-18-12-13-9(4-11(17)15(8)12)5-14-3-2-10(16)6-14/h4,7,10,16H,2-3,5-6H2,1H3/t10-/m1/s1. The van der Waals surface area contributed by atoms with Gasteiger partial charge in [0.25, 0.3) is 5.56 Å². The van der Waals surface area contributed by atoms with Crippen LogP contribution in [-0.4, -0.2) is 38.6 Å². The van der Waals surface area contributed by atoms with Gasteiger partial charge in [-0.2, -0.15) is 0 Å². The van der Waals surface area contributed by atoms with Gasteiger partial charge < -0.3 is 5.11 Å². The number of aromatic nitrogens is 2. The fourth-order valence-corrected chi connectivity index (χ4v) is 3.26. The van der Waals surface area contributed by atoms with Gasteiger partial charge in [0, 0.05) is 36.8 Å². The number of fused-ring (bicyclic) bond motifs is 1. The molecule has 3 heterocycles. The Labute approximate surface area is 108 Å². The lowest BCUT2D eigenvalue weighted by Crippen LogP contribution is -2.24. The molecule has 0 aliphatic carbocycles. The van der Waals surface area contributed by atoms with Crippen LogP contribution in [0.2, 0.25) is 0 Å². The Bertz CT molecular complexity index is 634. The summed E-state index contributed by atoms with van der Waals surface area (Å²) in [5.41, 5.74) is 1.69. The number of rotatable bonds is 2. The van der Waals surface area contributed by atoms with E-state index in [1.54, 1.807) is 10.5 Å². The first-order valence-electron chi connectivity index (χ1n) is 6.00. The van der Waals surface area contributed by atoms with Crippen molar-refractivity contribution >= 4 is 16.3 Å². The number of likely N-dealkylation sites (tertiary alicyclic amines) is 1. The molecule has 0 saturated carbocycles. The average Bonchev–Trinajstić information content (AvgIpc) is 2.86. The number of nitrogens with zero attached hydrogens (tertiary/aromatic N) is 3. The number of aliphatic hydroxyl groups is 1. The molecule has 0 unspecified atom stereocenters. The van der Waals surface area contributed by atoms with Gasteiger partial charge in [0.05, 0.1) is 11.8 Å². The highest BCUT2D eigenvalue weighted by atomic mass is 32.1. The summed E-state index contributed by atoms with van der Waals surface area (Å²) in [6.45, 7) is 4.08. The number of hydrogen-bond acceptors (Lipinski definition) is 5. The van der Waals surface area contributed by atoms with Crippen molar-refractivity contribution in [2.24, 2.45) is 0 Å². The summed E-state index contributed by atoms with van der Waals surface area (Å²) in [5, 5.41) is 11.4. The number of hydrogen-bond donors (Lipinski definition) is 1. The lowest BCUT2D eigenvalue weighted by Gasteiger charge is -2.13. The number of β-amino-alcohol motifs (C(OH)–C–C–N with tert-alkyl or cyclic N) is 1. The van der Waals surface area contributed by atoms with Crippen LogP contribution in [0.3, 0.4) is 0 Å². The van der Waals surface area contributed by atoms with E-state index in [4.69, 9.17) is 0 Å². The highest BCUT2D eigenvalue weighted by Gasteiger charge is 2.20. The van der Waals surface area contributed by atoms with Crippen LogP contribution in [0.5, 0.6) is 0 Å². The number of aryl methyl sites for hydroxylation is 1. The van der Waals surface area contributed by atoms with Gasteiger partial charge in [0.1, 0.15) is 0 Å². The quantitative estimate of drug-likeness (QED) is 0.865. The van der Waals surface area contributed by atoms with E-state index in [-0.39, 0.29) is 11.7 Å². The molecular formula is C12H15N3O2S. The van der Waals surface area contributed by atoms with Crippen LogP contribution in [0.1, 0.15) is 17.8 Å². The number of thiazole rings is 1. The molecule has 5 nitrogen and oxygen atoms in total. The summed E-state index contributed by atoms with van der Waals surface area (Å²) in [6, 6.07) is 1.59. The van der Waals surface area contributed by atoms with Crippen LogP contribution < -0.4 is 5.56 Å². The van der Waals surface area contributed by atoms with E-state index in [9.17, 15) is 9.90 Å². The Morgan fingerprint density at radius 1 is 1.61 bits per heavy atom. The Hall–Kier alpha value is -1.24. The molecule has 6 heteroatoms. The van der Waals surface area contributed by atoms with Crippen LogP contribution in [-0.2, 0) is 6.54 Å². The van der Waals surface area contributed by atoms with Gasteiger partial charge in [0.2, 0.25) is 0 Å². The molecule has 0 radical (unpaired) electrons. The first-order chi connectivity index (χ1) is 8.63. The van der Waals surface area contributed by atoms with Crippen LogP contribution >= 0.6 is 11.3 Å². The second-order valence-electron chi connectivity index (χ2n) is 4.76. The highest BCUT2D eigenvalue weighted by Crippen LogP contribution is 2.14. The van der Waals surface area contributed by atoms with Crippen LogP contribution in [0.15, 0.2) is 16.2 Å². The maximum atomic E-state index is 12.0. The lowest BCUT2D eigenvalue weighted by molar-refractivity contribution is 0.174. The molecule has 1 aliphatic rings. The minimum Gasteiger partial charge on any atom is -0.392 e. The molecule has 2 aromatic heterocycles. The van der Waals surface area contributed by atoms with Crippen molar-refractivity contribution in [2.75, 3.05) is 13.1 Å². The van der Waals surface area contributed by atoms with Gasteiger partial charge in [-0.25, -0.2) is 4.98 Å². The molecule has 0 bridgehead atoms. The van der Waals surface area contributed by atoms with Crippen molar-refractivity contribution in [1.82, 2.24) is 14.3 Å². The second-order valence-corrected chi connectivity index (χ2v) is 5.59. The molecule has 1 N–H and O–H groups in total. The van der Waals surface area contributed by atoms with E-state index in [0.717, 1.165) is 29.3 Å². The van der Waals surface area contributed by atoms with Crippen molar-refractivity contribution in [3.63, 3.8) is 0 Å². The molecule has 0 spiro atoms. The Balaban J connectivity index is 1.91. The van der Waals surface area contributed by atoms with E-state index in [1.165, 1.54) is 11.3 Å². The summed E-state index contributed by atoms with van der Waals surface area (Å²) < 4.78 is 1.63.